The number of aliphatic hydroxyl groups is 1. The summed E-state index contributed by atoms with van der Waals surface area (Å²) in [5.41, 5.74) is -0.348. The summed E-state index contributed by atoms with van der Waals surface area (Å²) in [6.07, 6.45) is 3.99. The fourth-order valence-electron chi connectivity index (χ4n) is 2.19. The van der Waals surface area contributed by atoms with Crippen LogP contribution < -0.4 is 5.32 Å². The van der Waals surface area contributed by atoms with E-state index in [1.807, 2.05) is 13.8 Å². The molecule has 1 rings (SSSR count). The van der Waals surface area contributed by atoms with Gasteiger partial charge in [0.15, 0.2) is 0 Å². The molecule has 2 amide bonds. The molecule has 0 heterocycles. The van der Waals surface area contributed by atoms with Crippen molar-refractivity contribution in [3.63, 3.8) is 0 Å². The van der Waals surface area contributed by atoms with E-state index in [0.717, 1.165) is 25.7 Å². The number of aliphatic hydroxyl groups excluding tert-OH is 1. The first-order valence-electron chi connectivity index (χ1n) is 5.85. The molecule has 1 aliphatic rings. The third kappa shape index (κ3) is 2.84. The van der Waals surface area contributed by atoms with Crippen LogP contribution in [0.4, 0.5) is 4.79 Å². The topological polar surface area (TPSA) is 52.6 Å². The maximum absolute atomic E-state index is 11.8. The van der Waals surface area contributed by atoms with Gasteiger partial charge in [0.2, 0.25) is 0 Å². The Kier molecular flexibility index (Phi) is 4.39. The summed E-state index contributed by atoms with van der Waals surface area (Å²) in [5, 5.41) is 12.3. The molecule has 0 aromatic carbocycles. The van der Waals surface area contributed by atoms with E-state index in [-0.39, 0.29) is 18.2 Å². The van der Waals surface area contributed by atoms with Gasteiger partial charge in [0, 0.05) is 13.1 Å². The lowest BCUT2D eigenvalue weighted by Crippen LogP contribution is -2.53. The number of nitrogens with zero attached hydrogens (tertiary/aromatic N) is 1. The number of nitrogens with one attached hydrogen (secondary N) is 1. The molecule has 0 spiro atoms. The largest absolute Gasteiger partial charge is 0.394 e. The Balaban J connectivity index is 2.54. The molecule has 0 aliphatic heterocycles. The van der Waals surface area contributed by atoms with Crippen LogP contribution in [0.1, 0.15) is 39.5 Å². The standard InChI is InChI=1S/C11H22N2O2/c1-3-13(4-2)10(15)12-11(9-14)7-5-6-8-11/h14H,3-9H2,1-2H3,(H,12,15). The van der Waals surface area contributed by atoms with E-state index in [2.05, 4.69) is 5.32 Å². The van der Waals surface area contributed by atoms with Crippen molar-refractivity contribution in [3.05, 3.63) is 0 Å². The molecule has 0 aromatic rings. The first-order valence-corrected chi connectivity index (χ1v) is 5.85. The molecular formula is C11H22N2O2. The average Bonchev–Trinajstić information content (AvgIpc) is 2.69. The van der Waals surface area contributed by atoms with Gasteiger partial charge in [0.05, 0.1) is 12.1 Å². The van der Waals surface area contributed by atoms with Crippen LogP contribution in [0.3, 0.4) is 0 Å². The van der Waals surface area contributed by atoms with E-state index in [1.54, 1.807) is 4.90 Å². The van der Waals surface area contributed by atoms with Crippen LogP contribution in [0.5, 0.6) is 0 Å². The van der Waals surface area contributed by atoms with Crippen LogP contribution in [0.2, 0.25) is 0 Å². The Morgan fingerprint density at radius 3 is 2.27 bits per heavy atom. The highest BCUT2D eigenvalue weighted by Crippen LogP contribution is 2.29. The quantitative estimate of drug-likeness (QED) is 0.742. The van der Waals surface area contributed by atoms with Gasteiger partial charge in [0.1, 0.15) is 0 Å². The maximum atomic E-state index is 11.8. The summed E-state index contributed by atoms with van der Waals surface area (Å²) in [5.74, 6) is 0. The average molecular weight is 214 g/mol. The van der Waals surface area contributed by atoms with Crippen molar-refractivity contribution in [3.8, 4) is 0 Å². The van der Waals surface area contributed by atoms with E-state index in [1.165, 1.54) is 0 Å². The van der Waals surface area contributed by atoms with E-state index in [0.29, 0.717) is 13.1 Å². The molecule has 88 valence electrons. The lowest BCUT2D eigenvalue weighted by atomic mass is 9.99. The molecule has 0 saturated heterocycles. The fourth-order valence-corrected chi connectivity index (χ4v) is 2.19. The summed E-state index contributed by atoms with van der Waals surface area (Å²) >= 11 is 0. The predicted octanol–water partition coefficient (Wildman–Crippen LogP) is 1.34. The van der Waals surface area contributed by atoms with Crippen LogP contribution in [0, 0.1) is 0 Å². The second kappa shape index (κ2) is 5.35. The number of urea groups is 1. The summed E-state index contributed by atoms with van der Waals surface area (Å²) < 4.78 is 0. The highest BCUT2D eigenvalue weighted by Gasteiger charge is 2.35. The van der Waals surface area contributed by atoms with Crippen molar-refractivity contribution < 1.29 is 9.90 Å². The normalized spacial score (nSPS) is 18.9. The van der Waals surface area contributed by atoms with E-state index in [9.17, 15) is 9.90 Å². The Morgan fingerprint density at radius 1 is 1.33 bits per heavy atom. The number of rotatable bonds is 4. The first kappa shape index (κ1) is 12.3. The molecule has 4 heteroatoms. The molecule has 4 nitrogen and oxygen atoms in total. The minimum Gasteiger partial charge on any atom is -0.394 e. The summed E-state index contributed by atoms with van der Waals surface area (Å²) in [4.78, 5) is 13.6. The van der Waals surface area contributed by atoms with Crippen molar-refractivity contribution in [1.29, 1.82) is 0 Å². The maximum Gasteiger partial charge on any atom is 0.317 e. The van der Waals surface area contributed by atoms with Crippen molar-refractivity contribution in [2.24, 2.45) is 0 Å². The smallest absolute Gasteiger partial charge is 0.317 e. The van der Waals surface area contributed by atoms with Crippen molar-refractivity contribution in [1.82, 2.24) is 10.2 Å². The van der Waals surface area contributed by atoms with Gasteiger partial charge in [0.25, 0.3) is 0 Å². The Bertz CT molecular complexity index is 209. The molecule has 1 saturated carbocycles. The number of carbonyl (C=O) groups is 1. The van der Waals surface area contributed by atoms with Crippen LogP contribution >= 0.6 is 0 Å². The summed E-state index contributed by atoms with van der Waals surface area (Å²) in [6, 6.07) is -0.0454. The van der Waals surface area contributed by atoms with Gasteiger partial charge in [-0.25, -0.2) is 4.79 Å². The highest BCUT2D eigenvalue weighted by molar-refractivity contribution is 5.75. The lowest BCUT2D eigenvalue weighted by molar-refractivity contribution is 0.147. The van der Waals surface area contributed by atoms with Gasteiger partial charge < -0.3 is 15.3 Å². The molecule has 1 aliphatic carbocycles. The molecular weight excluding hydrogens is 192 g/mol. The zero-order valence-corrected chi connectivity index (χ0v) is 9.75. The van der Waals surface area contributed by atoms with Gasteiger partial charge >= 0.3 is 6.03 Å². The molecule has 0 atom stereocenters. The Labute approximate surface area is 91.6 Å². The molecule has 0 radical (unpaired) electrons. The van der Waals surface area contributed by atoms with Crippen molar-refractivity contribution in [2.75, 3.05) is 19.7 Å². The van der Waals surface area contributed by atoms with Gasteiger partial charge in [-0.05, 0) is 26.7 Å². The van der Waals surface area contributed by atoms with Gasteiger partial charge in [-0.15, -0.1) is 0 Å². The van der Waals surface area contributed by atoms with Crippen molar-refractivity contribution in [2.45, 2.75) is 45.1 Å². The van der Waals surface area contributed by atoms with E-state index >= 15 is 0 Å². The van der Waals surface area contributed by atoms with Gasteiger partial charge in [-0.2, -0.15) is 0 Å². The number of amides is 2. The monoisotopic (exact) mass is 214 g/mol. The van der Waals surface area contributed by atoms with E-state index in [4.69, 9.17) is 0 Å². The Hall–Kier alpha value is -0.770. The molecule has 0 aromatic heterocycles. The number of carbonyl (C=O) groups excluding carboxylic acids is 1. The minimum absolute atomic E-state index is 0.0454. The predicted molar refractivity (Wildman–Crippen MR) is 59.7 cm³/mol. The fraction of sp³-hybridized carbons (Fsp3) is 0.909. The lowest BCUT2D eigenvalue weighted by Gasteiger charge is -2.31. The highest BCUT2D eigenvalue weighted by atomic mass is 16.3. The molecule has 1 fully saturated rings. The minimum atomic E-state index is -0.348. The SMILES string of the molecule is CCN(CC)C(=O)NC1(CO)CCCC1. The molecule has 2 N–H and O–H groups in total. The third-order valence-corrected chi connectivity index (χ3v) is 3.29. The van der Waals surface area contributed by atoms with Crippen LogP contribution in [-0.2, 0) is 0 Å². The molecule has 15 heavy (non-hydrogen) atoms. The number of hydrogen-bond donors (Lipinski definition) is 2. The van der Waals surface area contributed by atoms with E-state index < -0.39 is 0 Å². The summed E-state index contributed by atoms with van der Waals surface area (Å²) in [7, 11) is 0. The summed E-state index contributed by atoms with van der Waals surface area (Å²) in [6.45, 7) is 5.40. The third-order valence-electron chi connectivity index (χ3n) is 3.29. The van der Waals surface area contributed by atoms with Crippen molar-refractivity contribution >= 4 is 6.03 Å². The molecule has 0 bridgehead atoms. The number of hydrogen-bond acceptors (Lipinski definition) is 2. The zero-order valence-electron chi connectivity index (χ0n) is 9.75. The second-order valence-corrected chi connectivity index (χ2v) is 4.25. The van der Waals surface area contributed by atoms with Crippen LogP contribution in [0.15, 0.2) is 0 Å². The van der Waals surface area contributed by atoms with Gasteiger partial charge in [-0.3, -0.25) is 0 Å². The van der Waals surface area contributed by atoms with Gasteiger partial charge in [-0.1, -0.05) is 12.8 Å². The van der Waals surface area contributed by atoms with Crippen LogP contribution in [0.25, 0.3) is 0 Å². The first-order chi connectivity index (χ1) is 7.17. The Morgan fingerprint density at radius 2 is 1.87 bits per heavy atom. The zero-order chi connectivity index (χ0) is 11.3. The molecule has 0 unspecified atom stereocenters. The van der Waals surface area contributed by atoms with Crippen LogP contribution in [-0.4, -0.2) is 41.3 Å². The second-order valence-electron chi connectivity index (χ2n) is 4.25.